The summed E-state index contributed by atoms with van der Waals surface area (Å²) in [6, 6.07) is 3.79. The standard InChI is InChI=1S/C15H19ClN2O3/c1-9-6-10(2-3-17-9)15(19)18-12-8-14-13(7-11(12)16)20-4-5-21-14/h7-10,17H,2-6H2,1H3,(H,18,19)/t9-,10-/m0/s1. The van der Waals surface area contributed by atoms with E-state index < -0.39 is 0 Å². The van der Waals surface area contributed by atoms with E-state index in [0.29, 0.717) is 41.5 Å². The minimum atomic E-state index is 0.0157. The zero-order chi connectivity index (χ0) is 14.8. The molecule has 0 spiro atoms. The van der Waals surface area contributed by atoms with E-state index in [0.717, 1.165) is 19.4 Å². The van der Waals surface area contributed by atoms with Crippen molar-refractivity contribution in [3.05, 3.63) is 17.2 Å². The Morgan fingerprint density at radius 2 is 2.05 bits per heavy atom. The number of fused-ring (bicyclic) bond motifs is 1. The summed E-state index contributed by atoms with van der Waals surface area (Å²) >= 11 is 6.21. The van der Waals surface area contributed by atoms with Crippen molar-refractivity contribution in [3.63, 3.8) is 0 Å². The molecule has 1 saturated heterocycles. The molecule has 1 amide bonds. The summed E-state index contributed by atoms with van der Waals surface area (Å²) in [6.07, 6.45) is 1.69. The maximum atomic E-state index is 12.4. The van der Waals surface area contributed by atoms with Gasteiger partial charge in [0.05, 0.1) is 10.7 Å². The van der Waals surface area contributed by atoms with Gasteiger partial charge in [0, 0.05) is 24.1 Å². The van der Waals surface area contributed by atoms with E-state index in [1.807, 2.05) is 0 Å². The van der Waals surface area contributed by atoms with E-state index in [4.69, 9.17) is 21.1 Å². The highest BCUT2D eigenvalue weighted by Crippen LogP contribution is 2.38. The van der Waals surface area contributed by atoms with Crippen LogP contribution in [0.3, 0.4) is 0 Å². The molecule has 1 fully saturated rings. The van der Waals surface area contributed by atoms with Crippen molar-refractivity contribution in [3.8, 4) is 11.5 Å². The van der Waals surface area contributed by atoms with Gasteiger partial charge in [0.1, 0.15) is 13.2 Å². The Bertz CT molecular complexity index is 550. The van der Waals surface area contributed by atoms with Gasteiger partial charge in [-0.25, -0.2) is 0 Å². The summed E-state index contributed by atoms with van der Waals surface area (Å²) in [5.41, 5.74) is 0.581. The molecule has 1 aromatic carbocycles. The number of carbonyl (C=O) groups excluding carboxylic acids is 1. The number of carbonyl (C=O) groups is 1. The zero-order valence-corrected chi connectivity index (χ0v) is 12.7. The summed E-state index contributed by atoms with van der Waals surface area (Å²) in [6.45, 7) is 3.99. The lowest BCUT2D eigenvalue weighted by atomic mass is 9.92. The molecule has 21 heavy (non-hydrogen) atoms. The van der Waals surface area contributed by atoms with Crippen molar-refractivity contribution in [2.24, 2.45) is 5.92 Å². The number of anilines is 1. The van der Waals surface area contributed by atoms with Crippen LogP contribution < -0.4 is 20.1 Å². The van der Waals surface area contributed by atoms with Crippen molar-refractivity contribution in [2.75, 3.05) is 25.1 Å². The van der Waals surface area contributed by atoms with Gasteiger partial charge < -0.3 is 20.1 Å². The molecule has 1 aromatic rings. The monoisotopic (exact) mass is 310 g/mol. The lowest BCUT2D eigenvalue weighted by molar-refractivity contribution is -0.120. The molecule has 2 aliphatic rings. The summed E-state index contributed by atoms with van der Waals surface area (Å²) in [5, 5.41) is 6.72. The van der Waals surface area contributed by atoms with Crippen molar-refractivity contribution < 1.29 is 14.3 Å². The van der Waals surface area contributed by atoms with E-state index in [-0.39, 0.29) is 11.8 Å². The summed E-state index contributed by atoms with van der Waals surface area (Å²) in [5.74, 6) is 1.28. The van der Waals surface area contributed by atoms with Crippen LogP contribution in [-0.2, 0) is 4.79 Å². The van der Waals surface area contributed by atoms with Gasteiger partial charge in [-0.3, -0.25) is 4.79 Å². The number of ether oxygens (including phenoxy) is 2. The Kier molecular flexibility index (Phi) is 4.22. The van der Waals surface area contributed by atoms with Crippen molar-refractivity contribution >= 4 is 23.2 Å². The lowest BCUT2D eigenvalue weighted by Gasteiger charge is -2.27. The molecule has 5 nitrogen and oxygen atoms in total. The first-order valence-corrected chi connectivity index (χ1v) is 7.64. The first kappa shape index (κ1) is 14.5. The Morgan fingerprint density at radius 1 is 1.33 bits per heavy atom. The molecular formula is C15H19ClN2O3. The largest absolute Gasteiger partial charge is 0.486 e. The van der Waals surface area contributed by atoms with Crippen molar-refractivity contribution in [1.29, 1.82) is 0 Å². The van der Waals surface area contributed by atoms with E-state index in [1.165, 1.54) is 0 Å². The van der Waals surface area contributed by atoms with Gasteiger partial charge >= 0.3 is 0 Å². The molecule has 3 rings (SSSR count). The van der Waals surface area contributed by atoms with Gasteiger partial charge in [-0.15, -0.1) is 0 Å². The predicted molar refractivity (Wildman–Crippen MR) is 81.3 cm³/mol. The number of halogens is 1. The van der Waals surface area contributed by atoms with Gasteiger partial charge in [-0.2, -0.15) is 0 Å². The first-order chi connectivity index (χ1) is 10.1. The highest BCUT2D eigenvalue weighted by molar-refractivity contribution is 6.34. The molecule has 0 unspecified atom stereocenters. The van der Waals surface area contributed by atoms with Crippen LogP contribution in [-0.4, -0.2) is 31.7 Å². The average molecular weight is 311 g/mol. The van der Waals surface area contributed by atoms with Gasteiger partial charge in [0.15, 0.2) is 11.5 Å². The SMILES string of the molecule is C[C@H]1C[C@@H](C(=O)Nc2cc3c(cc2Cl)OCCO3)CCN1. The molecule has 0 aromatic heterocycles. The number of benzene rings is 1. The summed E-state index contributed by atoms with van der Waals surface area (Å²) < 4.78 is 11.0. The average Bonchev–Trinajstić information content (AvgIpc) is 2.48. The minimum Gasteiger partial charge on any atom is -0.486 e. The molecule has 0 radical (unpaired) electrons. The van der Waals surface area contributed by atoms with Crippen LogP contribution >= 0.6 is 11.6 Å². The highest BCUT2D eigenvalue weighted by Gasteiger charge is 2.25. The number of hydrogen-bond acceptors (Lipinski definition) is 4. The van der Waals surface area contributed by atoms with E-state index in [9.17, 15) is 4.79 Å². The van der Waals surface area contributed by atoms with Crippen LogP contribution in [0.5, 0.6) is 11.5 Å². The Hall–Kier alpha value is -1.46. The maximum Gasteiger partial charge on any atom is 0.227 e. The van der Waals surface area contributed by atoms with Crippen LogP contribution in [0.1, 0.15) is 19.8 Å². The number of piperidine rings is 1. The molecular weight excluding hydrogens is 292 g/mol. The Labute approximate surface area is 128 Å². The molecule has 0 bridgehead atoms. The van der Waals surface area contributed by atoms with Crippen LogP contribution in [0.25, 0.3) is 0 Å². The molecule has 0 saturated carbocycles. The van der Waals surface area contributed by atoms with Crippen LogP contribution in [0.2, 0.25) is 5.02 Å². The van der Waals surface area contributed by atoms with E-state index in [2.05, 4.69) is 17.6 Å². The second-order valence-electron chi connectivity index (χ2n) is 5.54. The Morgan fingerprint density at radius 3 is 2.76 bits per heavy atom. The first-order valence-electron chi connectivity index (χ1n) is 7.27. The topological polar surface area (TPSA) is 59.6 Å². The quantitative estimate of drug-likeness (QED) is 0.881. The fourth-order valence-electron chi connectivity index (χ4n) is 2.76. The number of hydrogen-bond donors (Lipinski definition) is 2. The smallest absolute Gasteiger partial charge is 0.227 e. The molecule has 2 heterocycles. The lowest BCUT2D eigenvalue weighted by Crippen LogP contribution is -2.40. The minimum absolute atomic E-state index is 0.0157. The molecule has 2 N–H and O–H groups in total. The number of amides is 1. The molecule has 6 heteroatoms. The van der Waals surface area contributed by atoms with Crippen molar-refractivity contribution in [1.82, 2.24) is 5.32 Å². The molecule has 2 atom stereocenters. The third-order valence-electron chi connectivity index (χ3n) is 3.88. The van der Waals surface area contributed by atoms with Crippen LogP contribution in [0.15, 0.2) is 12.1 Å². The zero-order valence-electron chi connectivity index (χ0n) is 11.9. The fourth-order valence-corrected chi connectivity index (χ4v) is 2.97. The second-order valence-corrected chi connectivity index (χ2v) is 5.95. The summed E-state index contributed by atoms with van der Waals surface area (Å²) in [7, 11) is 0. The number of nitrogens with one attached hydrogen (secondary N) is 2. The maximum absolute atomic E-state index is 12.4. The predicted octanol–water partition coefficient (Wildman–Crippen LogP) is 2.44. The molecule has 0 aliphatic carbocycles. The highest BCUT2D eigenvalue weighted by atomic mass is 35.5. The van der Waals surface area contributed by atoms with Crippen LogP contribution in [0.4, 0.5) is 5.69 Å². The van der Waals surface area contributed by atoms with Crippen LogP contribution in [0, 0.1) is 5.92 Å². The fraction of sp³-hybridized carbons (Fsp3) is 0.533. The number of rotatable bonds is 2. The summed E-state index contributed by atoms with van der Waals surface area (Å²) in [4.78, 5) is 12.4. The van der Waals surface area contributed by atoms with Gasteiger partial charge in [0.25, 0.3) is 0 Å². The normalized spacial score (nSPS) is 24.5. The van der Waals surface area contributed by atoms with Gasteiger partial charge in [0.2, 0.25) is 5.91 Å². The third kappa shape index (κ3) is 3.24. The van der Waals surface area contributed by atoms with E-state index >= 15 is 0 Å². The van der Waals surface area contributed by atoms with Gasteiger partial charge in [-0.05, 0) is 26.3 Å². The molecule has 114 valence electrons. The molecule has 2 aliphatic heterocycles. The van der Waals surface area contributed by atoms with E-state index in [1.54, 1.807) is 12.1 Å². The van der Waals surface area contributed by atoms with Gasteiger partial charge in [-0.1, -0.05) is 11.6 Å². The third-order valence-corrected chi connectivity index (χ3v) is 4.20. The Balaban J connectivity index is 1.73. The second kappa shape index (κ2) is 6.12. The van der Waals surface area contributed by atoms with Crippen molar-refractivity contribution in [2.45, 2.75) is 25.8 Å².